The summed E-state index contributed by atoms with van der Waals surface area (Å²) in [6, 6.07) is 3.47. The molecule has 0 spiro atoms. The highest BCUT2D eigenvalue weighted by Crippen LogP contribution is 2.17. The third-order valence-corrected chi connectivity index (χ3v) is 3.64. The van der Waals surface area contributed by atoms with E-state index in [1.54, 1.807) is 30.5 Å². The molecule has 8 heteroatoms. The van der Waals surface area contributed by atoms with Crippen molar-refractivity contribution in [1.82, 2.24) is 4.98 Å². The average molecular weight is 385 g/mol. The summed E-state index contributed by atoms with van der Waals surface area (Å²) in [5.74, 6) is -0.109. The molecule has 0 bridgehead atoms. The molecule has 2 aromatic rings. The number of hydrogen-bond acceptors (Lipinski definition) is 6. The zero-order chi connectivity index (χ0) is 15.9. The molecule has 2 rings (SSSR count). The SMILES string of the molecule is CCOC(=O)Cc1csc(NC(=O)C=Cc2ccc(Br)o2)n1. The zero-order valence-electron chi connectivity index (χ0n) is 11.7. The van der Waals surface area contributed by atoms with Gasteiger partial charge in [-0.15, -0.1) is 11.3 Å². The molecular formula is C14H13BrN2O4S. The minimum Gasteiger partial charge on any atom is -0.466 e. The maximum Gasteiger partial charge on any atom is 0.311 e. The van der Waals surface area contributed by atoms with E-state index in [9.17, 15) is 9.59 Å². The molecule has 0 aliphatic heterocycles. The fourth-order valence-corrected chi connectivity index (χ4v) is 2.56. The van der Waals surface area contributed by atoms with E-state index in [1.165, 1.54) is 17.4 Å². The highest BCUT2D eigenvalue weighted by Gasteiger charge is 2.09. The number of carbonyl (C=O) groups excluding carboxylic acids is 2. The molecule has 1 amide bonds. The van der Waals surface area contributed by atoms with Gasteiger partial charge in [-0.2, -0.15) is 0 Å². The fraction of sp³-hybridized carbons (Fsp3) is 0.214. The van der Waals surface area contributed by atoms with Gasteiger partial charge < -0.3 is 9.15 Å². The Balaban J connectivity index is 1.88. The molecule has 22 heavy (non-hydrogen) atoms. The number of amides is 1. The third-order valence-electron chi connectivity index (χ3n) is 2.41. The van der Waals surface area contributed by atoms with E-state index in [2.05, 4.69) is 26.2 Å². The molecule has 6 nitrogen and oxygen atoms in total. The standard InChI is InChI=1S/C14H13BrN2O4S/c1-2-20-13(19)7-9-8-22-14(16-9)17-12(18)6-4-10-3-5-11(15)21-10/h3-6,8H,2,7H2,1H3,(H,16,17,18). The Morgan fingerprint density at radius 3 is 3.00 bits per heavy atom. The molecule has 0 saturated carbocycles. The maximum absolute atomic E-state index is 11.8. The van der Waals surface area contributed by atoms with Crippen molar-refractivity contribution >= 4 is 50.4 Å². The lowest BCUT2D eigenvalue weighted by Gasteiger charge is -1.98. The second-order valence-corrected chi connectivity index (χ2v) is 5.73. The number of furan rings is 1. The number of rotatable bonds is 6. The summed E-state index contributed by atoms with van der Waals surface area (Å²) in [6.45, 7) is 2.08. The molecule has 0 atom stereocenters. The first-order valence-electron chi connectivity index (χ1n) is 6.41. The minimum absolute atomic E-state index is 0.0937. The Morgan fingerprint density at radius 1 is 1.50 bits per heavy atom. The van der Waals surface area contributed by atoms with Crippen molar-refractivity contribution in [3.05, 3.63) is 39.7 Å². The highest BCUT2D eigenvalue weighted by molar-refractivity contribution is 9.10. The number of hydrogen-bond donors (Lipinski definition) is 1. The first kappa shape index (κ1) is 16.4. The number of nitrogens with one attached hydrogen (secondary N) is 1. The lowest BCUT2D eigenvalue weighted by molar-refractivity contribution is -0.142. The summed E-state index contributed by atoms with van der Waals surface area (Å²) in [7, 11) is 0. The first-order chi connectivity index (χ1) is 10.6. The lowest BCUT2D eigenvalue weighted by Crippen LogP contribution is -2.09. The van der Waals surface area contributed by atoms with Crippen molar-refractivity contribution in [3.63, 3.8) is 0 Å². The molecule has 0 unspecified atom stereocenters. The minimum atomic E-state index is -0.339. The van der Waals surface area contributed by atoms with Crippen LogP contribution in [-0.4, -0.2) is 23.5 Å². The van der Waals surface area contributed by atoms with Gasteiger partial charge in [-0.1, -0.05) is 0 Å². The second kappa shape index (κ2) is 7.90. The molecule has 0 fully saturated rings. The van der Waals surface area contributed by atoms with E-state index in [-0.39, 0.29) is 18.3 Å². The molecule has 0 aliphatic carbocycles. The molecule has 116 valence electrons. The van der Waals surface area contributed by atoms with Crippen LogP contribution in [0.4, 0.5) is 5.13 Å². The Labute approximate surface area is 139 Å². The Morgan fingerprint density at radius 2 is 2.32 bits per heavy atom. The topological polar surface area (TPSA) is 81.4 Å². The summed E-state index contributed by atoms with van der Waals surface area (Å²) in [5, 5.41) is 4.75. The van der Waals surface area contributed by atoms with E-state index < -0.39 is 0 Å². The van der Waals surface area contributed by atoms with Gasteiger partial charge in [0.1, 0.15) is 5.76 Å². The van der Waals surface area contributed by atoms with Crippen LogP contribution in [-0.2, 0) is 20.7 Å². The molecule has 1 N–H and O–H groups in total. The molecule has 0 aliphatic rings. The monoisotopic (exact) mass is 384 g/mol. The van der Waals surface area contributed by atoms with Gasteiger partial charge in [-0.25, -0.2) is 4.98 Å². The van der Waals surface area contributed by atoms with Crippen molar-refractivity contribution < 1.29 is 18.7 Å². The van der Waals surface area contributed by atoms with Gasteiger partial charge in [0.15, 0.2) is 9.80 Å². The van der Waals surface area contributed by atoms with Crippen LogP contribution >= 0.6 is 27.3 Å². The fourth-order valence-electron chi connectivity index (χ4n) is 1.53. The van der Waals surface area contributed by atoms with Gasteiger partial charge in [0.2, 0.25) is 5.91 Å². The van der Waals surface area contributed by atoms with Crippen LogP contribution in [0.15, 0.2) is 32.7 Å². The third kappa shape index (κ3) is 5.12. The first-order valence-corrected chi connectivity index (χ1v) is 8.08. The summed E-state index contributed by atoms with van der Waals surface area (Å²) in [5.41, 5.74) is 0.567. The number of aromatic nitrogens is 1. The predicted octanol–water partition coefficient (Wildman–Crippen LogP) is 3.26. The summed E-state index contributed by atoms with van der Waals surface area (Å²) in [6.07, 6.45) is 2.99. The number of halogens is 1. The van der Waals surface area contributed by atoms with Crippen molar-refractivity contribution in [1.29, 1.82) is 0 Å². The van der Waals surface area contributed by atoms with Crippen LogP contribution < -0.4 is 5.32 Å². The van der Waals surface area contributed by atoms with Gasteiger partial charge in [0.05, 0.1) is 18.7 Å². The van der Waals surface area contributed by atoms with E-state index in [0.29, 0.717) is 27.9 Å². The lowest BCUT2D eigenvalue weighted by atomic mass is 10.3. The van der Waals surface area contributed by atoms with Crippen LogP contribution in [0.2, 0.25) is 0 Å². The van der Waals surface area contributed by atoms with E-state index in [0.717, 1.165) is 0 Å². The number of anilines is 1. The van der Waals surface area contributed by atoms with Crippen molar-refractivity contribution in [2.75, 3.05) is 11.9 Å². The molecule has 0 radical (unpaired) electrons. The quantitative estimate of drug-likeness (QED) is 0.610. The highest BCUT2D eigenvalue weighted by atomic mass is 79.9. The van der Waals surface area contributed by atoms with Crippen molar-refractivity contribution in [2.24, 2.45) is 0 Å². The average Bonchev–Trinajstić information content (AvgIpc) is 3.06. The summed E-state index contributed by atoms with van der Waals surface area (Å²) < 4.78 is 10.7. The number of nitrogens with zero attached hydrogens (tertiary/aromatic N) is 1. The molecule has 0 aromatic carbocycles. The van der Waals surface area contributed by atoms with E-state index >= 15 is 0 Å². The number of ether oxygens (including phenoxy) is 1. The predicted molar refractivity (Wildman–Crippen MR) is 86.5 cm³/mol. The van der Waals surface area contributed by atoms with Crippen LogP contribution in [0, 0.1) is 0 Å². The molecule has 0 saturated heterocycles. The molecular weight excluding hydrogens is 372 g/mol. The number of thiazole rings is 1. The number of carbonyl (C=O) groups is 2. The number of esters is 1. The zero-order valence-corrected chi connectivity index (χ0v) is 14.1. The van der Waals surface area contributed by atoms with Crippen LogP contribution in [0.5, 0.6) is 0 Å². The van der Waals surface area contributed by atoms with Crippen LogP contribution in [0.25, 0.3) is 6.08 Å². The molecule has 2 heterocycles. The summed E-state index contributed by atoms with van der Waals surface area (Å²) in [4.78, 5) is 27.2. The van der Waals surface area contributed by atoms with Gasteiger partial charge in [0, 0.05) is 11.5 Å². The van der Waals surface area contributed by atoms with Crippen LogP contribution in [0.1, 0.15) is 18.4 Å². The Hall–Kier alpha value is -1.93. The van der Waals surface area contributed by atoms with E-state index in [1.807, 2.05) is 0 Å². The second-order valence-electron chi connectivity index (χ2n) is 4.09. The largest absolute Gasteiger partial charge is 0.466 e. The van der Waals surface area contributed by atoms with Gasteiger partial charge in [-0.3, -0.25) is 14.9 Å². The van der Waals surface area contributed by atoms with Crippen molar-refractivity contribution in [3.8, 4) is 0 Å². The van der Waals surface area contributed by atoms with Gasteiger partial charge in [0.25, 0.3) is 0 Å². The van der Waals surface area contributed by atoms with E-state index in [4.69, 9.17) is 9.15 Å². The van der Waals surface area contributed by atoms with Gasteiger partial charge >= 0.3 is 5.97 Å². The maximum atomic E-state index is 11.8. The Kier molecular flexibility index (Phi) is 5.91. The normalized spacial score (nSPS) is 10.8. The smallest absolute Gasteiger partial charge is 0.311 e. The van der Waals surface area contributed by atoms with Crippen LogP contribution in [0.3, 0.4) is 0 Å². The van der Waals surface area contributed by atoms with Gasteiger partial charge in [-0.05, 0) is 41.1 Å². The van der Waals surface area contributed by atoms with Crippen molar-refractivity contribution in [2.45, 2.75) is 13.3 Å². The Bertz CT molecular complexity index is 693. The molecule has 2 aromatic heterocycles. The summed E-state index contributed by atoms with van der Waals surface area (Å²) >= 11 is 4.43.